The second kappa shape index (κ2) is 13.4. The first-order valence-corrected chi connectivity index (χ1v) is 16.2. The molecule has 8 heteroatoms. The summed E-state index contributed by atoms with van der Waals surface area (Å²) in [5.74, 6) is 0.719. The molecule has 0 saturated carbocycles. The lowest BCUT2D eigenvalue weighted by atomic mass is 10.1. The molecule has 2 unspecified atom stereocenters. The van der Waals surface area contributed by atoms with E-state index in [1.165, 1.54) is 18.4 Å². The standard InChI is InChI=1S/C36H40Cl2N4O2/c1-24-7-4-8-26(17-24)19-39-36(43)31-23-41(35-30(31)9-5-10-34(35)44-3)15-6-16-42-28-12-13-29(42)22-40(21-28)20-25(2)27-11-14-32(37)33(38)18-27/h4-5,7-11,14,17-18,23,28-29H,2,6,12-13,15-16,19-22H2,1,3H3,(H,39,43). The number of hydrogen-bond donors (Lipinski definition) is 1. The van der Waals surface area contributed by atoms with Gasteiger partial charge in [0.05, 0.1) is 28.2 Å². The molecule has 6 nitrogen and oxygen atoms in total. The predicted octanol–water partition coefficient (Wildman–Crippen LogP) is 7.45. The van der Waals surface area contributed by atoms with Crippen LogP contribution in [-0.2, 0) is 13.1 Å². The van der Waals surface area contributed by atoms with E-state index >= 15 is 0 Å². The van der Waals surface area contributed by atoms with Crippen LogP contribution in [0.1, 0.15) is 46.3 Å². The number of likely N-dealkylation sites (tertiary alicyclic amines) is 1. The summed E-state index contributed by atoms with van der Waals surface area (Å²) in [5.41, 5.74) is 6.05. The van der Waals surface area contributed by atoms with Crippen LogP contribution in [-0.4, -0.2) is 65.6 Å². The summed E-state index contributed by atoms with van der Waals surface area (Å²) in [6.45, 7) is 11.7. The zero-order chi connectivity index (χ0) is 30.8. The molecular weight excluding hydrogens is 591 g/mol. The third-order valence-electron chi connectivity index (χ3n) is 9.13. The lowest BCUT2D eigenvalue weighted by Gasteiger charge is -2.41. The molecule has 0 spiro atoms. The highest BCUT2D eigenvalue weighted by atomic mass is 35.5. The number of aromatic nitrogens is 1. The predicted molar refractivity (Wildman–Crippen MR) is 181 cm³/mol. The zero-order valence-electron chi connectivity index (χ0n) is 25.5. The molecule has 3 heterocycles. The Kier molecular flexibility index (Phi) is 9.34. The molecule has 230 valence electrons. The van der Waals surface area contributed by atoms with E-state index in [2.05, 4.69) is 45.3 Å². The van der Waals surface area contributed by atoms with Crippen LogP contribution in [0.3, 0.4) is 0 Å². The first-order chi connectivity index (χ1) is 21.3. The number of benzene rings is 3. The molecule has 0 aliphatic carbocycles. The van der Waals surface area contributed by atoms with Gasteiger partial charge in [0.15, 0.2) is 0 Å². The summed E-state index contributed by atoms with van der Waals surface area (Å²) < 4.78 is 7.95. The minimum absolute atomic E-state index is 0.0693. The average Bonchev–Trinajstić information content (AvgIpc) is 3.50. The third-order valence-corrected chi connectivity index (χ3v) is 9.87. The SMILES string of the molecule is C=C(CN1CC2CCC(C1)N2CCCn1cc(C(=O)NCc2cccc(C)c2)c2cccc(OC)c21)c1ccc(Cl)c(Cl)c1. The van der Waals surface area contributed by atoms with Gasteiger partial charge in [0.25, 0.3) is 5.91 Å². The van der Waals surface area contributed by atoms with Crippen molar-refractivity contribution in [2.75, 3.05) is 33.3 Å². The highest BCUT2D eigenvalue weighted by Gasteiger charge is 2.39. The van der Waals surface area contributed by atoms with Gasteiger partial charge in [0.1, 0.15) is 5.75 Å². The molecule has 44 heavy (non-hydrogen) atoms. The first-order valence-electron chi connectivity index (χ1n) is 15.4. The number of hydrogen-bond acceptors (Lipinski definition) is 4. The molecule has 6 rings (SSSR count). The van der Waals surface area contributed by atoms with Gasteiger partial charge in [-0.1, -0.05) is 77.8 Å². The number of ether oxygens (including phenoxy) is 1. The van der Waals surface area contributed by atoms with Gasteiger partial charge in [-0.3, -0.25) is 14.6 Å². The zero-order valence-corrected chi connectivity index (χ0v) is 27.0. The van der Waals surface area contributed by atoms with Gasteiger partial charge in [0.2, 0.25) is 0 Å². The molecule has 2 fully saturated rings. The van der Waals surface area contributed by atoms with Gasteiger partial charge >= 0.3 is 0 Å². The minimum atomic E-state index is -0.0693. The molecule has 2 aliphatic rings. The van der Waals surface area contributed by atoms with Crippen molar-refractivity contribution >= 4 is 45.6 Å². The lowest BCUT2D eigenvalue weighted by molar-refractivity contribution is 0.0733. The Morgan fingerprint density at radius 2 is 1.77 bits per heavy atom. The number of nitrogens with one attached hydrogen (secondary N) is 1. The van der Waals surface area contributed by atoms with Gasteiger partial charge in [-0.05, 0) is 61.1 Å². The van der Waals surface area contributed by atoms with Gasteiger partial charge in [0, 0.05) is 62.9 Å². The van der Waals surface area contributed by atoms with E-state index in [0.717, 1.165) is 72.5 Å². The van der Waals surface area contributed by atoms with Gasteiger partial charge < -0.3 is 14.6 Å². The molecule has 2 atom stereocenters. The molecule has 2 bridgehead atoms. The van der Waals surface area contributed by atoms with E-state index < -0.39 is 0 Å². The van der Waals surface area contributed by atoms with Crippen LogP contribution in [0.4, 0.5) is 0 Å². The minimum Gasteiger partial charge on any atom is -0.495 e. The Labute approximate surface area is 270 Å². The summed E-state index contributed by atoms with van der Waals surface area (Å²) in [5, 5.41) is 5.18. The van der Waals surface area contributed by atoms with Crippen molar-refractivity contribution in [3.05, 3.63) is 106 Å². The van der Waals surface area contributed by atoms with E-state index in [4.69, 9.17) is 27.9 Å². The number of amides is 1. The van der Waals surface area contributed by atoms with Crippen LogP contribution >= 0.6 is 23.2 Å². The van der Waals surface area contributed by atoms with Crippen molar-refractivity contribution < 1.29 is 9.53 Å². The number of fused-ring (bicyclic) bond motifs is 3. The number of rotatable bonds is 11. The summed E-state index contributed by atoms with van der Waals surface area (Å²) in [6, 6.07) is 21.0. The number of halogens is 2. The van der Waals surface area contributed by atoms with E-state index in [0.29, 0.717) is 34.2 Å². The highest BCUT2D eigenvalue weighted by molar-refractivity contribution is 6.42. The topological polar surface area (TPSA) is 49.7 Å². The molecule has 3 aromatic carbocycles. The normalized spacial score (nSPS) is 18.5. The third kappa shape index (κ3) is 6.54. The van der Waals surface area contributed by atoms with E-state index in [9.17, 15) is 4.79 Å². The van der Waals surface area contributed by atoms with Gasteiger partial charge in [-0.15, -0.1) is 0 Å². The second-order valence-electron chi connectivity index (χ2n) is 12.2. The Balaban J connectivity index is 1.09. The number of aryl methyl sites for hydroxylation is 2. The van der Waals surface area contributed by atoms with Crippen molar-refractivity contribution in [2.24, 2.45) is 0 Å². The first kappa shape index (κ1) is 30.7. The Morgan fingerprint density at radius 3 is 2.50 bits per heavy atom. The number of methoxy groups -OCH3 is 1. The average molecular weight is 632 g/mol. The summed E-state index contributed by atoms with van der Waals surface area (Å²) in [7, 11) is 1.69. The van der Waals surface area contributed by atoms with Crippen LogP contribution < -0.4 is 10.1 Å². The van der Waals surface area contributed by atoms with Crippen molar-refractivity contribution in [1.29, 1.82) is 0 Å². The van der Waals surface area contributed by atoms with Crippen molar-refractivity contribution in [2.45, 2.75) is 51.4 Å². The maximum atomic E-state index is 13.4. The monoisotopic (exact) mass is 630 g/mol. The molecule has 1 N–H and O–H groups in total. The second-order valence-corrected chi connectivity index (χ2v) is 13.0. The Morgan fingerprint density at radius 1 is 1.00 bits per heavy atom. The van der Waals surface area contributed by atoms with Crippen LogP contribution in [0.25, 0.3) is 16.5 Å². The Bertz CT molecular complexity index is 1670. The molecule has 0 radical (unpaired) electrons. The molecule has 1 amide bonds. The Hall–Kier alpha value is -3.29. The molecule has 2 aliphatic heterocycles. The summed E-state index contributed by atoms with van der Waals surface area (Å²) in [4.78, 5) is 18.6. The van der Waals surface area contributed by atoms with Crippen molar-refractivity contribution in [3.8, 4) is 5.75 Å². The maximum absolute atomic E-state index is 13.4. The molecule has 2 saturated heterocycles. The fourth-order valence-corrected chi connectivity index (χ4v) is 7.32. The smallest absolute Gasteiger partial charge is 0.253 e. The molecule has 1 aromatic heterocycles. The van der Waals surface area contributed by atoms with Gasteiger partial charge in [-0.25, -0.2) is 0 Å². The van der Waals surface area contributed by atoms with Crippen molar-refractivity contribution in [1.82, 2.24) is 19.7 Å². The van der Waals surface area contributed by atoms with E-state index in [-0.39, 0.29) is 5.91 Å². The number of carbonyl (C=O) groups excluding carboxylic acids is 1. The number of nitrogens with zero attached hydrogens (tertiary/aromatic N) is 3. The fraction of sp³-hybridized carbons (Fsp3) is 0.361. The summed E-state index contributed by atoms with van der Waals surface area (Å²) in [6.07, 6.45) is 5.45. The number of carbonyl (C=O) groups is 1. The largest absolute Gasteiger partial charge is 0.495 e. The maximum Gasteiger partial charge on any atom is 0.253 e. The van der Waals surface area contributed by atoms with Crippen LogP contribution in [0.5, 0.6) is 5.75 Å². The number of para-hydroxylation sites is 1. The van der Waals surface area contributed by atoms with Crippen molar-refractivity contribution in [3.63, 3.8) is 0 Å². The number of piperazine rings is 1. The van der Waals surface area contributed by atoms with E-state index in [1.54, 1.807) is 7.11 Å². The van der Waals surface area contributed by atoms with Crippen LogP contribution in [0.15, 0.2) is 73.4 Å². The highest BCUT2D eigenvalue weighted by Crippen LogP contribution is 2.33. The lowest BCUT2D eigenvalue weighted by Crippen LogP contribution is -2.54. The van der Waals surface area contributed by atoms with E-state index in [1.807, 2.05) is 54.7 Å². The molecular formula is C36H40Cl2N4O2. The summed E-state index contributed by atoms with van der Waals surface area (Å²) >= 11 is 12.4. The van der Waals surface area contributed by atoms with Crippen LogP contribution in [0.2, 0.25) is 10.0 Å². The molecule has 4 aromatic rings. The van der Waals surface area contributed by atoms with Crippen LogP contribution in [0, 0.1) is 6.92 Å². The fourth-order valence-electron chi connectivity index (χ4n) is 7.02. The quantitative estimate of drug-likeness (QED) is 0.187. The van der Waals surface area contributed by atoms with Gasteiger partial charge in [-0.2, -0.15) is 0 Å².